The van der Waals surface area contributed by atoms with Gasteiger partial charge in [0.1, 0.15) is 11.7 Å². The average molecular weight is 356 g/mol. The molecule has 0 unspecified atom stereocenters. The molecule has 1 aliphatic rings. The van der Waals surface area contributed by atoms with Crippen molar-refractivity contribution in [2.75, 3.05) is 13.1 Å². The lowest BCUT2D eigenvalue weighted by molar-refractivity contribution is 0.0122. The molecule has 0 saturated carbocycles. The molecule has 134 valence electrons. The minimum Gasteiger partial charge on any atom is -0.473 e. The Bertz CT molecular complexity index is 579. The van der Waals surface area contributed by atoms with Gasteiger partial charge < -0.3 is 14.4 Å². The monoisotopic (exact) mass is 355 g/mol. The predicted molar refractivity (Wildman–Crippen MR) is 92.6 cm³/mol. The Hall–Kier alpha value is -1.56. The molecule has 0 aliphatic carbocycles. The Morgan fingerprint density at radius 3 is 2.46 bits per heavy atom. The zero-order chi connectivity index (χ0) is 17.9. The first-order valence-electron chi connectivity index (χ1n) is 8.33. The lowest BCUT2D eigenvalue weighted by Gasteiger charge is -2.33. The van der Waals surface area contributed by atoms with Gasteiger partial charge >= 0.3 is 6.09 Å². The van der Waals surface area contributed by atoms with E-state index in [1.165, 1.54) is 0 Å². The quantitative estimate of drug-likeness (QED) is 0.818. The third-order valence-corrected chi connectivity index (χ3v) is 4.05. The summed E-state index contributed by atoms with van der Waals surface area (Å²) < 4.78 is 11.3. The van der Waals surface area contributed by atoms with Gasteiger partial charge in [0, 0.05) is 32.0 Å². The molecule has 0 N–H and O–H groups in total. The minimum atomic E-state index is -0.476. The SMILES string of the molecule is CC(C)c1cc(OC2CCN(C(=O)OC(C)(C)C)CC2)nnc1Cl. The van der Waals surface area contributed by atoms with Gasteiger partial charge in [0.2, 0.25) is 5.88 Å². The molecule has 6 nitrogen and oxygen atoms in total. The van der Waals surface area contributed by atoms with E-state index in [9.17, 15) is 4.79 Å². The maximum Gasteiger partial charge on any atom is 0.410 e. The molecule has 1 aromatic heterocycles. The van der Waals surface area contributed by atoms with Gasteiger partial charge in [-0.1, -0.05) is 25.4 Å². The van der Waals surface area contributed by atoms with Gasteiger partial charge in [-0.05, 0) is 32.3 Å². The van der Waals surface area contributed by atoms with Crippen molar-refractivity contribution in [3.8, 4) is 5.88 Å². The molecular formula is C17H26ClN3O3. The standard InChI is InChI=1S/C17H26ClN3O3/c1-11(2)13-10-14(19-20-15(13)18)23-12-6-8-21(9-7-12)16(22)24-17(3,4)5/h10-12H,6-9H2,1-5H3. The molecule has 1 saturated heterocycles. The van der Waals surface area contributed by atoms with Gasteiger partial charge in [-0.3, -0.25) is 0 Å². The second-order valence-electron chi connectivity index (χ2n) is 7.37. The zero-order valence-corrected chi connectivity index (χ0v) is 15.8. The topological polar surface area (TPSA) is 64.5 Å². The Balaban J connectivity index is 1.89. The second kappa shape index (κ2) is 7.55. The number of piperidine rings is 1. The van der Waals surface area contributed by atoms with Crippen LogP contribution in [-0.4, -0.2) is 46.0 Å². The first-order chi connectivity index (χ1) is 11.2. The van der Waals surface area contributed by atoms with Gasteiger partial charge in [-0.15, -0.1) is 10.2 Å². The Kier molecular flexibility index (Phi) is 5.91. The number of likely N-dealkylation sites (tertiary alicyclic amines) is 1. The molecular weight excluding hydrogens is 330 g/mol. The molecule has 2 rings (SSSR count). The smallest absolute Gasteiger partial charge is 0.410 e. The first-order valence-corrected chi connectivity index (χ1v) is 8.71. The van der Waals surface area contributed by atoms with E-state index in [1.807, 2.05) is 40.7 Å². The number of nitrogens with zero attached hydrogens (tertiary/aromatic N) is 3. The van der Waals surface area contributed by atoms with Crippen molar-refractivity contribution in [1.82, 2.24) is 15.1 Å². The van der Waals surface area contributed by atoms with Crippen LogP contribution in [-0.2, 0) is 4.74 Å². The Labute approximate surface area is 148 Å². The summed E-state index contributed by atoms with van der Waals surface area (Å²) in [6.07, 6.45) is 1.22. The highest BCUT2D eigenvalue weighted by atomic mass is 35.5. The van der Waals surface area contributed by atoms with E-state index in [0.29, 0.717) is 24.1 Å². The maximum absolute atomic E-state index is 12.1. The van der Waals surface area contributed by atoms with Gasteiger partial charge in [-0.2, -0.15) is 0 Å². The van der Waals surface area contributed by atoms with Crippen LogP contribution in [0.1, 0.15) is 58.9 Å². The van der Waals surface area contributed by atoms with Crippen LogP contribution in [0.5, 0.6) is 5.88 Å². The summed E-state index contributed by atoms with van der Waals surface area (Å²) in [7, 11) is 0. The van der Waals surface area contributed by atoms with E-state index in [4.69, 9.17) is 21.1 Å². The highest BCUT2D eigenvalue weighted by Gasteiger charge is 2.28. The number of halogens is 1. The van der Waals surface area contributed by atoms with E-state index < -0.39 is 5.60 Å². The number of hydrogen-bond donors (Lipinski definition) is 0. The molecule has 0 bridgehead atoms. The molecule has 1 aromatic rings. The molecule has 0 spiro atoms. The largest absolute Gasteiger partial charge is 0.473 e. The molecule has 0 radical (unpaired) electrons. The summed E-state index contributed by atoms with van der Waals surface area (Å²) in [6, 6.07) is 1.85. The summed E-state index contributed by atoms with van der Waals surface area (Å²) in [4.78, 5) is 13.8. The Morgan fingerprint density at radius 2 is 1.92 bits per heavy atom. The highest BCUT2D eigenvalue weighted by molar-refractivity contribution is 6.30. The minimum absolute atomic E-state index is 0.0131. The number of rotatable bonds is 3. The fourth-order valence-corrected chi connectivity index (χ4v) is 2.80. The van der Waals surface area contributed by atoms with E-state index in [0.717, 1.165) is 18.4 Å². The maximum atomic E-state index is 12.1. The van der Waals surface area contributed by atoms with Crippen LogP contribution in [0.3, 0.4) is 0 Å². The van der Waals surface area contributed by atoms with Crippen molar-refractivity contribution in [3.63, 3.8) is 0 Å². The van der Waals surface area contributed by atoms with Crippen molar-refractivity contribution >= 4 is 17.7 Å². The van der Waals surface area contributed by atoms with Crippen LogP contribution in [0.15, 0.2) is 6.07 Å². The molecule has 0 atom stereocenters. The lowest BCUT2D eigenvalue weighted by Crippen LogP contribution is -2.44. The van der Waals surface area contributed by atoms with Gasteiger partial charge in [0.15, 0.2) is 5.15 Å². The number of aromatic nitrogens is 2. The molecule has 1 fully saturated rings. The van der Waals surface area contributed by atoms with Crippen LogP contribution in [0, 0.1) is 0 Å². The zero-order valence-electron chi connectivity index (χ0n) is 15.0. The molecule has 0 aromatic carbocycles. The molecule has 24 heavy (non-hydrogen) atoms. The fraction of sp³-hybridized carbons (Fsp3) is 0.706. The van der Waals surface area contributed by atoms with Crippen molar-refractivity contribution in [3.05, 3.63) is 16.8 Å². The third kappa shape index (κ3) is 5.23. The van der Waals surface area contributed by atoms with Gasteiger partial charge in [0.25, 0.3) is 0 Å². The summed E-state index contributed by atoms with van der Waals surface area (Å²) in [5.74, 6) is 0.739. The summed E-state index contributed by atoms with van der Waals surface area (Å²) in [6.45, 7) is 10.9. The normalized spacial score (nSPS) is 16.4. The van der Waals surface area contributed by atoms with Crippen molar-refractivity contribution in [2.45, 2.75) is 65.1 Å². The van der Waals surface area contributed by atoms with Crippen LogP contribution >= 0.6 is 11.6 Å². The number of carbonyl (C=O) groups is 1. The summed E-state index contributed by atoms with van der Waals surface area (Å²) >= 11 is 6.05. The highest BCUT2D eigenvalue weighted by Crippen LogP contribution is 2.26. The molecule has 1 aliphatic heterocycles. The second-order valence-corrected chi connectivity index (χ2v) is 7.73. The van der Waals surface area contributed by atoms with E-state index in [1.54, 1.807) is 4.90 Å². The molecule has 2 heterocycles. The van der Waals surface area contributed by atoms with Crippen LogP contribution < -0.4 is 4.74 Å². The number of carbonyl (C=O) groups excluding carboxylic acids is 1. The van der Waals surface area contributed by atoms with E-state index in [2.05, 4.69) is 10.2 Å². The third-order valence-electron chi connectivity index (χ3n) is 3.76. The van der Waals surface area contributed by atoms with Gasteiger partial charge in [-0.25, -0.2) is 4.79 Å². The van der Waals surface area contributed by atoms with Crippen LogP contribution in [0.2, 0.25) is 5.15 Å². The van der Waals surface area contributed by atoms with Crippen LogP contribution in [0.4, 0.5) is 4.79 Å². The Morgan fingerprint density at radius 1 is 1.29 bits per heavy atom. The number of hydrogen-bond acceptors (Lipinski definition) is 5. The van der Waals surface area contributed by atoms with Crippen molar-refractivity contribution in [1.29, 1.82) is 0 Å². The average Bonchev–Trinajstić information content (AvgIpc) is 2.48. The van der Waals surface area contributed by atoms with Crippen molar-refractivity contribution in [2.24, 2.45) is 0 Å². The van der Waals surface area contributed by atoms with Crippen molar-refractivity contribution < 1.29 is 14.3 Å². The van der Waals surface area contributed by atoms with E-state index >= 15 is 0 Å². The predicted octanol–water partition coefficient (Wildman–Crippen LogP) is 4.03. The fourth-order valence-electron chi connectivity index (χ4n) is 2.49. The molecule has 1 amide bonds. The number of ether oxygens (including phenoxy) is 2. The summed E-state index contributed by atoms with van der Waals surface area (Å²) in [5, 5.41) is 8.38. The first kappa shape index (κ1) is 18.8. The van der Waals surface area contributed by atoms with Crippen LogP contribution in [0.25, 0.3) is 0 Å². The summed E-state index contributed by atoms with van der Waals surface area (Å²) in [5.41, 5.74) is 0.448. The van der Waals surface area contributed by atoms with Gasteiger partial charge in [0.05, 0.1) is 0 Å². The lowest BCUT2D eigenvalue weighted by atomic mass is 10.1. The number of amides is 1. The molecule has 7 heteroatoms. The van der Waals surface area contributed by atoms with E-state index in [-0.39, 0.29) is 18.1 Å².